The normalized spacial score (nSPS) is 24.1. The molecule has 3 heterocycles. The lowest BCUT2D eigenvalue weighted by atomic mass is 9.89. The van der Waals surface area contributed by atoms with Gasteiger partial charge in [0.05, 0.1) is 21.6 Å². The molecule has 0 aliphatic carbocycles. The van der Waals surface area contributed by atoms with Gasteiger partial charge in [-0.05, 0) is 41.9 Å². The maximum absolute atomic E-state index is 11.1. The number of pyridine rings is 1. The van der Waals surface area contributed by atoms with E-state index in [1.807, 2.05) is 0 Å². The third-order valence-corrected chi connectivity index (χ3v) is 4.57. The minimum absolute atomic E-state index is 0.129. The van der Waals surface area contributed by atoms with Crippen LogP contribution in [0.25, 0.3) is 0 Å². The summed E-state index contributed by atoms with van der Waals surface area (Å²) in [4.78, 5) is 14.4. The third-order valence-electron chi connectivity index (χ3n) is 4.01. The first-order valence-corrected chi connectivity index (χ1v) is 7.68. The molecular formula is C13H16BrN3O4. The van der Waals surface area contributed by atoms with E-state index in [1.54, 1.807) is 0 Å². The molecule has 1 N–H and O–H groups in total. The van der Waals surface area contributed by atoms with Crippen LogP contribution in [0.5, 0.6) is 5.75 Å². The fourth-order valence-electron chi connectivity index (χ4n) is 2.94. The van der Waals surface area contributed by atoms with Crippen LogP contribution in [0, 0.1) is 10.1 Å². The van der Waals surface area contributed by atoms with E-state index < -0.39 is 4.92 Å². The molecule has 2 aliphatic rings. The van der Waals surface area contributed by atoms with Gasteiger partial charge in [-0.2, -0.15) is 0 Å². The standard InChI is InChI=1S/C13H16BrN3O4/c14-10-6-16-7-11(17(18)19)12(10)21-9-5-13(20-8-9)1-3-15-4-2-13/h6-7,9,15H,1-5,8H2. The monoisotopic (exact) mass is 357 g/mol. The zero-order chi connectivity index (χ0) is 14.9. The van der Waals surface area contributed by atoms with Gasteiger partial charge in [0.1, 0.15) is 12.3 Å². The van der Waals surface area contributed by atoms with Gasteiger partial charge in [0, 0.05) is 12.6 Å². The summed E-state index contributed by atoms with van der Waals surface area (Å²) >= 11 is 3.27. The van der Waals surface area contributed by atoms with Gasteiger partial charge >= 0.3 is 5.69 Å². The van der Waals surface area contributed by atoms with Crippen molar-refractivity contribution in [2.24, 2.45) is 0 Å². The van der Waals surface area contributed by atoms with Gasteiger partial charge in [0.15, 0.2) is 0 Å². The van der Waals surface area contributed by atoms with E-state index >= 15 is 0 Å². The van der Waals surface area contributed by atoms with Crippen molar-refractivity contribution in [1.29, 1.82) is 0 Å². The number of hydrogen-bond donors (Lipinski definition) is 1. The van der Waals surface area contributed by atoms with E-state index in [0.717, 1.165) is 32.4 Å². The highest BCUT2D eigenvalue weighted by Gasteiger charge is 2.42. The Balaban J connectivity index is 1.75. The number of piperidine rings is 1. The van der Waals surface area contributed by atoms with Crippen molar-refractivity contribution in [3.05, 3.63) is 27.0 Å². The summed E-state index contributed by atoms with van der Waals surface area (Å²) < 4.78 is 12.3. The maximum Gasteiger partial charge on any atom is 0.330 e. The number of halogens is 1. The van der Waals surface area contributed by atoms with Crippen LogP contribution in [0.2, 0.25) is 0 Å². The van der Waals surface area contributed by atoms with Gasteiger partial charge < -0.3 is 14.8 Å². The molecule has 0 saturated carbocycles. The highest BCUT2D eigenvalue weighted by Crippen LogP contribution is 2.39. The van der Waals surface area contributed by atoms with E-state index in [0.29, 0.717) is 11.1 Å². The quantitative estimate of drug-likeness (QED) is 0.657. The summed E-state index contributed by atoms with van der Waals surface area (Å²) in [6.45, 7) is 2.34. The Morgan fingerprint density at radius 3 is 2.95 bits per heavy atom. The lowest BCUT2D eigenvalue weighted by Gasteiger charge is -2.32. The van der Waals surface area contributed by atoms with E-state index in [4.69, 9.17) is 9.47 Å². The molecule has 2 fully saturated rings. The second kappa shape index (κ2) is 5.86. The Morgan fingerprint density at radius 2 is 2.24 bits per heavy atom. The molecule has 7 nitrogen and oxygen atoms in total. The molecule has 1 aromatic heterocycles. The summed E-state index contributed by atoms with van der Waals surface area (Å²) in [5, 5.41) is 14.4. The van der Waals surface area contributed by atoms with Crippen LogP contribution in [0.3, 0.4) is 0 Å². The summed E-state index contributed by atoms with van der Waals surface area (Å²) in [6.07, 6.45) is 5.20. The number of nitro groups is 1. The van der Waals surface area contributed by atoms with Crippen LogP contribution in [-0.2, 0) is 4.74 Å². The topological polar surface area (TPSA) is 86.5 Å². The molecule has 3 rings (SSSR count). The first-order valence-electron chi connectivity index (χ1n) is 6.89. The van der Waals surface area contributed by atoms with E-state index in [1.165, 1.54) is 12.4 Å². The van der Waals surface area contributed by atoms with E-state index in [9.17, 15) is 10.1 Å². The lowest BCUT2D eigenvalue weighted by Crippen LogP contribution is -2.41. The summed E-state index contributed by atoms with van der Waals surface area (Å²) in [6, 6.07) is 0. The average Bonchev–Trinajstić information content (AvgIpc) is 2.84. The number of hydrogen-bond acceptors (Lipinski definition) is 6. The molecule has 1 unspecified atom stereocenters. The highest BCUT2D eigenvalue weighted by molar-refractivity contribution is 9.10. The van der Waals surface area contributed by atoms with Gasteiger partial charge in [-0.15, -0.1) is 0 Å². The molecule has 0 radical (unpaired) electrons. The Hall–Kier alpha value is -1.25. The number of rotatable bonds is 3. The van der Waals surface area contributed by atoms with Crippen LogP contribution in [0.15, 0.2) is 16.9 Å². The summed E-state index contributed by atoms with van der Waals surface area (Å²) in [5.74, 6) is 0.231. The summed E-state index contributed by atoms with van der Waals surface area (Å²) in [7, 11) is 0. The fourth-order valence-corrected chi connectivity index (χ4v) is 3.35. The van der Waals surface area contributed by atoms with Crippen molar-refractivity contribution in [3.8, 4) is 5.75 Å². The van der Waals surface area contributed by atoms with Crippen molar-refractivity contribution in [1.82, 2.24) is 10.3 Å². The van der Waals surface area contributed by atoms with Crippen molar-refractivity contribution < 1.29 is 14.4 Å². The third kappa shape index (κ3) is 3.02. The molecule has 1 aromatic rings. The SMILES string of the molecule is O=[N+]([O-])c1cncc(Br)c1OC1COC2(CCNCC2)C1. The van der Waals surface area contributed by atoms with Crippen LogP contribution in [0.1, 0.15) is 19.3 Å². The molecule has 0 aromatic carbocycles. The van der Waals surface area contributed by atoms with Gasteiger partial charge in [0.25, 0.3) is 0 Å². The zero-order valence-corrected chi connectivity index (χ0v) is 13.0. The van der Waals surface area contributed by atoms with Crippen LogP contribution >= 0.6 is 15.9 Å². The Labute approximate surface area is 130 Å². The van der Waals surface area contributed by atoms with Gasteiger partial charge in [-0.1, -0.05) is 0 Å². The number of nitrogens with one attached hydrogen (secondary N) is 1. The molecule has 0 bridgehead atoms. The maximum atomic E-state index is 11.1. The average molecular weight is 358 g/mol. The highest BCUT2D eigenvalue weighted by atomic mass is 79.9. The van der Waals surface area contributed by atoms with Crippen molar-refractivity contribution in [3.63, 3.8) is 0 Å². The molecular weight excluding hydrogens is 342 g/mol. The molecule has 0 amide bonds. The zero-order valence-electron chi connectivity index (χ0n) is 11.4. The van der Waals surface area contributed by atoms with Crippen LogP contribution < -0.4 is 10.1 Å². The largest absolute Gasteiger partial charge is 0.480 e. The molecule has 2 saturated heterocycles. The first kappa shape index (κ1) is 14.7. The van der Waals surface area contributed by atoms with E-state index in [-0.39, 0.29) is 23.1 Å². The Kier molecular flexibility index (Phi) is 4.10. The van der Waals surface area contributed by atoms with Crippen molar-refractivity contribution >= 4 is 21.6 Å². The second-order valence-electron chi connectivity index (χ2n) is 5.41. The number of ether oxygens (including phenoxy) is 2. The minimum Gasteiger partial charge on any atom is -0.480 e. The molecule has 114 valence electrons. The Morgan fingerprint density at radius 1 is 1.48 bits per heavy atom. The molecule has 1 atom stereocenters. The van der Waals surface area contributed by atoms with Gasteiger partial charge in [-0.25, -0.2) is 0 Å². The van der Waals surface area contributed by atoms with Crippen molar-refractivity contribution in [2.75, 3.05) is 19.7 Å². The molecule has 21 heavy (non-hydrogen) atoms. The predicted octanol–water partition coefficient (Wildman–Crippen LogP) is 2.04. The van der Waals surface area contributed by atoms with Crippen LogP contribution in [-0.4, -0.2) is 41.3 Å². The van der Waals surface area contributed by atoms with Crippen LogP contribution in [0.4, 0.5) is 5.69 Å². The number of aromatic nitrogens is 1. The van der Waals surface area contributed by atoms with Gasteiger partial charge in [0.2, 0.25) is 5.75 Å². The fraction of sp³-hybridized carbons (Fsp3) is 0.615. The smallest absolute Gasteiger partial charge is 0.330 e. The predicted molar refractivity (Wildman–Crippen MR) is 78.4 cm³/mol. The first-order chi connectivity index (χ1) is 10.1. The lowest BCUT2D eigenvalue weighted by molar-refractivity contribution is -0.386. The molecule has 8 heteroatoms. The minimum atomic E-state index is -0.483. The molecule has 1 spiro atoms. The second-order valence-corrected chi connectivity index (χ2v) is 6.27. The summed E-state index contributed by atoms with van der Waals surface area (Å²) in [5.41, 5.74) is -0.264. The Bertz CT molecular complexity index is 548. The van der Waals surface area contributed by atoms with Gasteiger partial charge in [-0.3, -0.25) is 15.1 Å². The van der Waals surface area contributed by atoms with E-state index in [2.05, 4.69) is 26.2 Å². The number of nitrogens with zero attached hydrogens (tertiary/aromatic N) is 2. The molecule has 2 aliphatic heterocycles. The van der Waals surface area contributed by atoms with Crippen molar-refractivity contribution in [2.45, 2.75) is 31.0 Å².